The Hall–Kier alpha value is -3.41. The monoisotopic (exact) mass is 1110 g/mol. The third-order valence-electron chi connectivity index (χ3n) is 15.2. The van der Waals surface area contributed by atoms with Crippen molar-refractivity contribution >= 4 is 17.9 Å². The van der Waals surface area contributed by atoms with E-state index in [9.17, 15) is 14.4 Å². The standard InChI is InChI=1S/C74H130O6/c1-4-7-10-13-16-19-22-25-27-29-31-33-35-36-37-38-39-41-42-44-46-49-52-55-58-61-64-67-73(76)79-70-71(69-78-72(75)66-63-60-57-54-51-48-24-21-18-15-12-9-6-3)80-74(77)68-65-62-59-56-53-50-47-45-43-40-34-32-30-28-26-23-20-17-14-11-8-5-2/h7,10,16,19,25,27,31,33,36-37,39,41,44,46,71H,4-6,8-9,11-15,17-18,20-24,26,28-30,32,34-35,38,40,42-43,45,47-70H2,1-3H3/b10-7-,19-16-,27-25-,33-31-,37-36-,41-39-,46-44-. The topological polar surface area (TPSA) is 78.9 Å². The second kappa shape index (κ2) is 68.1. The van der Waals surface area contributed by atoms with Crippen LogP contribution in [0.2, 0.25) is 0 Å². The lowest BCUT2D eigenvalue weighted by molar-refractivity contribution is -0.167. The minimum absolute atomic E-state index is 0.0779. The van der Waals surface area contributed by atoms with E-state index in [4.69, 9.17) is 14.2 Å². The van der Waals surface area contributed by atoms with Crippen LogP contribution in [0.4, 0.5) is 0 Å². The molecule has 0 aromatic heterocycles. The first-order valence-corrected chi connectivity index (χ1v) is 34.6. The Labute approximate surface area is 496 Å². The molecule has 0 aliphatic carbocycles. The molecular weight excluding hydrogens is 985 g/mol. The summed E-state index contributed by atoms with van der Waals surface area (Å²) in [5.41, 5.74) is 0. The Kier molecular flexibility index (Phi) is 65.2. The third kappa shape index (κ3) is 65.4. The van der Waals surface area contributed by atoms with Crippen molar-refractivity contribution in [3.05, 3.63) is 85.1 Å². The predicted octanol–water partition coefficient (Wildman–Crippen LogP) is 23.8. The van der Waals surface area contributed by atoms with Crippen molar-refractivity contribution in [1.82, 2.24) is 0 Å². The molecule has 462 valence electrons. The van der Waals surface area contributed by atoms with Crippen molar-refractivity contribution in [3.63, 3.8) is 0 Å². The molecule has 6 heteroatoms. The Morgan fingerprint density at radius 3 is 0.762 bits per heavy atom. The fourth-order valence-electron chi connectivity index (χ4n) is 10.0. The highest BCUT2D eigenvalue weighted by atomic mass is 16.6. The number of esters is 3. The number of hydrogen-bond acceptors (Lipinski definition) is 6. The second-order valence-electron chi connectivity index (χ2n) is 23.1. The second-order valence-corrected chi connectivity index (χ2v) is 23.1. The van der Waals surface area contributed by atoms with Gasteiger partial charge in [0.25, 0.3) is 0 Å². The van der Waals surface area contributed by atoms with E-state index in [2.05, 4.69) is 106 Å². The lowest BCUT2D eigenvalue weighted by atomic mass is 10.0. The van der Waals surface area contributed by atoms with E-state index in [0.29, 0.717) is 19.3 Å². The molecule has 0 spiro atoms. The van der Waals surface area contributed by atoms with Gasteiger partial charge in [-0.2, -0.15) is 0 Å². The Morgan fingerprint density at radius 2 is 0.487 bits per heavy atom. The number of hydrogen-bond donors (Lipinski definition) is 0. The minimum Gasteiger partial charge on any atom is -0.462 e. The number of ether oxygens (including phenoxy) is 3. The molecule has 0 saturated heterocycles. The number of rotatable bonds is 63. The van der Waals surface area contributed by atoms with E-state index < -0.39 is 6.10 Å². The molecule has 0 heterocycles. The maximum absolute atomic E-state index is 12.9. The summed E-state index contributed by atoms with van der Waals surface area (Å²) < 4.78 is 17.0. The molecular formula is C74H130O6. The third-order valence-corrected chi connectivity index (χ3v) is 15.2. The van der Waals surface area contributed by atoms with Crippen LogP contribution in [0.15, 0.2) is 85.1 Å². The van der Waals surface area contributed by atoms with E-state index in [0.717, 1.165) is 122 Å². The number of carbonyl (C=O) groups is 3. The van der Waals surface area contributed by atoms with Gasteiger partial charge in [0.15, 0.2) is 6.10 Å². The molecule has 1 atom stereocenters. The van der Waals surface area contributed by atoms with Crippen molar-refractivity contribution in [3.8, 4) is 0 Å². The lowest BCUT2D eigenvalue weighted by Gasteiger charge is -2.18. The van der Waals surface area contributed by atoms with Crippen LogP contribution in [0, 0.1) is 0 Å². The van der Waals surface area contributed by atoms with Gasteiger partial charge in [0.2, 0.25) is 0 Å². The lowest BCUT2D eigenvalue weighted by Crippen LogP contribution is -2.30. The molecule has 0 aliphatic heterocycles. The molecule has 0 aliphatic rings. The van der Waals surface area contributed by atoms with E-state index in [1.54, 1.807) is 0 Å². The normalized spacial score (nSPS) is 12.6. The zero-order valence-corrected chi connectivity index (χ0v) is 53.1. The van der Waals surface area contributed by atoms with E-state index in [1.165, 1.54) is 186 Å². The predicted molar refractivity (Wildman–Crippen MR) is 348 cm³/mol. The van der Waals surface area contributed by atoms with Crippen LogP contribution in [0.25, 0.3) is 0 Å². The number of allylic oxidation sites excluding steroid dienone is 14. The SMILES string of the molecule is CC/C=C\C/C=C\C/C=C\C/C=C\C/C=C\C/C=C\C/C=C\CCCCCCCC(=O)OCC(COC(=O)CCCCCCCCCCCCCCC)OC(=O)CCCCCCCCCCCCCCCCCCCCCCCC. The zero-order valence-electron chi connectivity index (χ0n) is 53.1. The maximum atomic E-state index is 12.9. The first kappa shape index (κ1) is 76.6. The van der Waals surface area contributed by atoms with Gasteiger partial charge >= 0.3 is 17.9 Å². The first-order chi connectivity index (χ1) is 39.5. The minimum atomic E-state index is -0.783. The van der Waals surface area contributed by atoms with Gasteiger partial charge < -0.3 is 14.2 Å². The van der Waals surface area contributed by atoms with Gasteiger partial charge in [-0.3, -0.25) is 14.4 Å². The Morgan fingerprint density at radius 1 is 0.263 bits per heavy atom. The van der Waals surface area contributed by atoms with Crippen molar-refractivity contribution < 1.29 is 28.6 Å². The van der Waals surface area contributed by atoms with Gasteiger partial charge in [-0.1, -0.05) is 337 Å². The number of unbranched alkanes of at least 4 members (excludes halogenated alkanes) is 38. The van der Waals surface area contributed by atoms with Crippen LogP contribution >= 0.6 is 0 Å². The highest BCUT2D eigenvalue weighted by Crippen LogP contribution is 2.18. The van der Waals surface area contributed by atoms with Gasteiger partial charge in [-0.05, 0) is 77.0 Å². The van der Waals surface area contributed by atoms with Gasteiger partial charge in [0.05, 0.1) is 0 Å². The highest BCUT2D eigenvalue weighted by molar-refractivity contribution is 5.71. The average Bonchev–Trinajstić information content (AvgIpc) is 3.46. The van der Waals surface area contributed by atoms with Crippen molar-refractivity contribution in [2.45, 2.75) is 354 Å². The molecule has 6 nitrogen and oxygen atoms in total. The van der Waals surface area contributed by atoms with Gasteiger partial charge in [-0.25, -0.2) is 0 Å². The zero-order chi connectivity index (χ0) is 57.8. The molecule has 0 rings (SSSR count). The smallest absolute Gasteiger partial charge is 0.306 e. The van der Waals surface area contributed by atoms with E-state index in [1.807, 2.05) is 0 Å². The Balaban J connectivity index is 4.33. The number of carbonyl (C=O) groups excluding carboxylic acids is 3. The summed E-state index contributed by atoms with van der Waals surface area (Å²) in [4.78, 5) is 38.4. The van der Waals surface area contributed by atoms with Gasteiger partial charge in [0, 0.05) is 19.3 Å². The van der Waals surface area contributed by atoms with E-state index >= 15 is 0 Å². The quantitative estimate of drug-likeness (QED) is 0.0261. The fraction of sp³-hybridized carbons (Fsp3) is 0.770. The van der Waals surface area contributed by atoms with Crippen LogP contribution in [0.3, 0.4) is 0 Å². The largest absolute Gasteiger partial charge is 0.462 e. The maximum Gasteiger partial charge on any atom is 0.306 e. The summed E-state index contributed by atoms with van der Waals surface area (Å²) in [6.45, 7) is 6.56. The Bertz CT molecular complexity index is 1520. The highest BCUT2D eigenvalue weighted by Gasteiger charge is 2.19. The summed E-state index contributed by atoms with van der Waals surface area (Å²) in [6, 6.07) is 0. The molecule has 0 bridgehead atoms. The van der Waals surface area contributed by atoms with Crippen LogP contribution in [-0.2, 0) is 28.6 Å². The summed E-state index contributed by atoms with van der Waals surface area (Å²) in [7, 11) is 0. The van der Waals surface area contributed by atoms with Crippen LogP contribution < -0.4 is 0 Å². The molecule has 0 amide bonds. The summed E-state index contributed by atoms with van der Waals surface area (Å²) >= 11 is 0. The molecule has 0 saturated carbocycles. The van der Waals surface area contributed by atoms with E-state index in [-0.39, 0.29) is 31.1 Å². The summed E-state index contributed by atoms with van der Waals surface area (Å²) in [5.74, 6) is -0.878. The van der Waals surface area contributed by atoms with Crippen molar-refractivity contribution in [1.29, 1.82) is 0 Å². The first-order valence-electron chi connectivity index (χ1n) is 34.6. The fourth-order valence-corrected chi connectivity index (χ4v) is 10.0. The molecule has 0 aromatic rings. The molecule has 80 heavy (non-hydrogen) atoms. The molecule has 1 unspecified atom stereocenters. The van der Waals surface area contributed by atoms with Crippen LogP contribution in [0.1, 0.15) is 348 Å². The average molecular weight is 1120 g/mol. The summed E-state index contributed by atoms with van der Waals surface area (Å²) in [6.07, 6.45) is 90.3. The van der Waals surface area contributed by atoms with Crippen molar-refractivity contribution in [2.75, 3.05) is 13.2 Å². The molecule has 0 aromatic carbocycles. The molecule has 0 fully saturated rings. The van der Waals surface area contributed by atoms with Crippen LogP contribution in [-0.4, -0.2) is 37.2 Å². The van der Waals surface area contributed by atoms with Crippen LogP contribution in [0.5, 0.6) is 0 Å². The van der Waals surface area contributed by atoms with Crippen molar-refractivity contribution in [2.24, 2.45) is 0 Å². The van der Waals surface area contributed by atoms with Gasteiger partial charge in [-0.15, -0.1) is 0 Å². The molecule has 0 radical (unpaired) electrons. The summed E-state index contributed by atoms with van der Waals surface area (Å²) in [5, 5.41) is 0. The van der Waals surface area contributed by atoms with Gasteiger partial charge in [0.1, 0.15) is 13.2 Å². The molecule has 0 N–H and O–H groups in total.